The smallest absolute Gasteiger partial charge is 0.438 e. The SMILES string of the molecule is C=CCNC(=O)C(=O)C(CCC)NC(=O)[C@@H]1[C@@H]2[C@H](CN1C(=O)[C@@H](NC(=O)N[C@H](COC(=O)OC)C(C)(C)C)C(C)(C)C)C2(C)C.C=CCNC(=O)C(=O)C(CCC)NC(=O)[C@@H]1[C@@H]2[C@H](CN1C(=O)[C@@H](NC(=O)N[C@H](COC(=O)OC)C(C)C)C(C)(C)C)C2(C)C.CC(C)(C)[C@H](NC(=O)N[C@H](COC(=O)OCC1CC1)C(C)(C)C)C(=O)N1C[C@H]2[C@@H]([C@H]1C(=O)NC(CC1CCC1)C(=O)C(N)=O)C2(C)C. The van der Waals surface area contributed by atoms with Crippen LogP contribution in [0, 0.1) is 96.6 Å². The number of nitrogens with one attached hydrogen (secondary N) is 11. The van der Waals surface area contributed by atoms with E-state index in [0.29, 0.717) is 51.4 Å². The maximum absolute atomic E-state index is 14.3. The number of piperidine rings is 3. The van der Waals surface area contributed by atoms with Gasteiger partial charge in [-0.05, 0) is 129 Å². The van der Waals surface area contributed by atoms with E-state index in [2.05, 4.69) is 81.1 Å². The lowest BCUT2D eigenvalue weighted by molar-refractivity contribution is -0.145. The third-order valence-electron chi connectivity index (χ3n) is 28.2. The highest BCUT2D eigenvalue weighted by Crippen LogP contribution is 2.67. The van der Waals surface area contributed by atoms with Gasteiger partial charge in [-0.3, -0.25) is 57.5 Å². The third-order valence-corrected chi connectivity index (χ3v) is 28.2. The number of ether oxygens (including phenoxy) is 6. The van der Waals surface area contributed by atoms with Gasteiger partial charge in [-0.2, -0.15) is 0 Å². The molecule has 136 heavy (non-hydrogen) atoms. The standard InChI is InChI=1S/C34H55N5O8.C32H53N5O8.C31H51N5O8/c1-32(2,3)22(17-47-31(45)46-16-19-12-13-19)37-30(44)38-26(33(4,5)6)29(43)39-15-20-23(34(20,7)8)24(39)28(42)36-21(25(40)27(35)41)14-18-10-9-11-18;1-12-14-19(23(38)26(40)33-15-13-2)34-25(39)22-21-18(32(21,9)10)16-37(22)27(41)24(31(6,7)8)36-28(42)35-20(30(3,4)5)17-45-29(43)44-11;1-11-13-19(23(37)26(39)32-14-12-2)33-25(38)22-21-18(31(21,8)9)15-36(22)27(40)24(30(5,6)7)35-28(41)34-20(17(3)4)16-44-29(42)43-10/h18-24,26H,9-17H2,1-8H3,(H2,35,41)(H,36,42)(H2,37,38,44);13,18-22,24H,2,12,14-17H2,1,3-11H3,(H,33,40)(H,34,39)(H2,35,36,42);12,17-22,24H,2,11,13-16H2,1,3-10H3,(H,32,39)(H,33,38)(H2,34,35,41)/t20-,21?,22+,23-,24-,26+;2*18-,19?,20+,21-,22-,24+/m000/s1. The van der Waals surface area contributed by atoms with E-state index in [1.807, 2.05) is 173 Å². The average Bonchev–Trinajstić information content (AvgIpc) is 1.53. The molecule has 766 valence electrons. The van der Waals surface area contributed by atoms with Crippen LogP contribution in [-0.2, 0) is 86.0 Å². The number of amides is 15. The molecule has 3 heterocycles. The van der Waals surface area contributed by atoms with Crippen molar-refractivity contribution in [3.63, 3.8) is 0 Å². The van der Waals surface area contributed by atoms with Gasteiger partial charge in [-0.25, -0.2) is 28.8 Å². The van der Waals surface area contributed by atoms with Crippen LogP contribution in [0.1, 0.15) is 237 Å². The van der Waals surface area contributed by atoms with E-state index in [0.717, 1.165) is 32.1 Å². The summed E-state index contributed by atoms with van der Waals surface area (Å²) < 4.78 is 29.6. The number of urea groups is 3. The fourth-order valence-corrected chi connectivity index (χ4v) is 18.6. The van der Waals surface area contributed by atoms with Gasteiger partial charge < -0.3 is 107 Å². The van der Waals surface area contributed by atoms with Gasteiger partial charge in [-0.1, -0.05) is 217 Å². The summed E-state index contributed by atoms with van der Waals surface area (Å²) in [4.78, 5) is 239. The molecule has 3 unspecified atom stereocenters. The van der Waals surface area contributed by atoms with E-state index >= 15 is 0 Å². The Balaban J connectivity index is 0.000000314. The predicted molar refractivity (Wildman–Crippen MR) is 504 cm³/mol. The first-order valence-electron chi connectivity index (χ1n) is 47.8. The molecule has 8 rings (SSSR count). The lowest BCUT2D eigenvalue weighted by Crippen LogP contribution is -2.62. The van der Waals surface area contributed by atoms with Gasteiger partial charge >= 0.3 is 36.6 Å². The van der Waals surface area contributed by atoms with Crippen LogP contribution in [-0.4, -0.2) is 268 Å². The van der Waals surface area contributed by atoms with Crippen molar-refractivity contribution in [2.75, 3.05) is 73.4 Å². The minimum absolute atomic E-state index is 0.0589. The van der Waals surface area contributed by atoms with E-state index in [4.69, 9.17) is 24.7 Å². The predicted octanol–water partition coefficient (Wildman–Crippen LogP) is 7.57. The van der Waals surface area contributed by atoms with E-state index in [1.54, 1.807) is 0 Å². The molecule has 3 saturated heterocycles. The van der Waals surface area contributed by atoms with Gasteiger partial charge in [0.2, 0.25) is 52.8 Å². The van der Waals surface area contributed by atoms with Crippen LogP contribution in [0.15, 0.2) is 25.3 Å². The highest BCUT2D eigenvalue weighted by molar-refractivity contribution is 6.39. The Kier molecular flexibility index (Phi) is 39.1. The topological polar surface area (TPSA) is 531 Å². The highest BCUT2D eigenvalue weighted by Gasteiger charge is 2.73. The van der Waals surface area contributed by atoms with Crippen LogP contribution in [0.25, 0.3) is 0 Å². The maximum Gasteiger partial charge on any atom is 0.508 e. The van der Waals surface area contributed by atoms with Crippen molar-refractivity contribution in [2.24, 2.45) is 102 Å². The number of carbonyl (C=O) groups is 18. The van der Waals surface area contributed by atoms with E-state index < -0.39 is 207 Å². The fraction of sp³-hybridized carbons (Fsp3) is 0.773. The molecule has 0 aromatic carbocycles. The van der Waals surface area contributed by atoms with E-state index in [9.17, 15) is 86.3 Å². The van der Waals surface area contributed by atoms with Crippen molar-refractivity contribution < 1.29 is 115 Å². The number of primary amides is 1. The summed E-state index contributed by atoms with van der Waals surface area (Å²) in [5.74, 6) is -7.60. The number of rotatable bonds is 40. The number of fused-ring (bicyclic) bond motifs is 3. The van der Waals surface area contributed by atoms with Crippen LogP contribution in [0.2, 0.25) is 0 Å². The molecule has 5 aliphatic carbocycles. The monoisotopic (exact) mass is 1920 g/mol. The lowest BCUT2D eigenvalue weighted by Gasteiger charge is -2.38. The highest BCUT2D eigenvalue weighted by atomic mass is 16.7. The Labute approximate surface area is 802 Å². The molecule has 15 amide bonds. The van der Waals surface area contributed by atoms with Crippen molar-refractivity contribution in [1.82, 2.24) is 73.2 Å². The summed E-state index contributed by atoms with van der Waals surface area (Å²) in [6.07, 6.45) is 7.22. The van der Waals surface area contributed by atoms with Crippen LogP contribution in [0.5, 0.6) is 0 Å². The van der Waals surface area contributed by atoms with Gasteiger partial charge in [0.1, 0.15) is 56.1 Å². The largest absolute Gasteiger partial charge is 0.508 e. The van der Waals surface area contributed by atoms with Gasteiger partial charge in [0.05, 0.1) is 57.1 Å². The van der Waals surface area contributed by atoms with Crippen LogP contribution in [0.4, 0.5) is 28.8 Å². The van der Waals surface area contributed by atoms with E-state index in [-0.39, 0.29) is 109 Å². The quantitative estimate of drug-likeness (QED) is 0.0122. The van der Waals surface area contributed by atoms with Gasteiger partial charge in [0.15, 0.2) is 0 Å². The van der Waals surface area contributed by atoms with Crippen LogP contribution in [0.3, 0.4) is 0 Å². The molecule has 0 aromatic rings. The second kappa shape index (κ2) is 46.7. The number of methoxy groups -OCH3 is 2. The maximum atomic E-state index is 14.3. The van der Waals surface area contributed by atoms with Gasteiger partial charge in [0.25, 0.3) is 17.7 Å². The van der Waals surface area contributed by atoms with Crippen LogP contribution < -0.4 is 64.2 Å². The van der Waals surface area contributed by atoms with Crippen molar-refractivity contribution >= 4 is 107 Å². The molecule has 5 saturated carbocycles. The fourth-order valence-electron chi connectivity index (χ4n) is 18.6. The van der Waals surface area contributed by atoms with Crippen LogP contribution >= 0.6 is 0 Å². The lowest BCUT2D eigenvalue weighted by atomic mass is 9.80. The van der Waals surface area contributed by atoms with Gasteiger partial charge in [0, 0.05) is 32.7 Å². The van der Waals surface area contributed by atoms with Crippen molar-refractivity contribution in [3.05, 3.63) is 25.3 Å². The Morgan fingerprint density at radius 1 is 0.412 bits per heavy atom. The number of nitrogens with zero attached hydrogens (tertiary/aromatic N) is 3. The number of carbonyl (C=O) groups excluding carboxylic acids is 18. The Morgan fingerprint density at radius 3 is 1.01 bits per heavy atom. The molecule has 0 radical (unpaired) electrons. The summed E-state index contributed by atoms with van der Waals surface area (Å²) in [7, 11) is 2.38. The average molecular weight is 1920 g/mol. The van der Waals surface area contributed by atoms with Crippen molar-refractivity contribution in [1.29, 1.82) is 0 Å². The molecule has 0 aromatic heterocycles. The molecule has 3 aliphatic heterocycles. The Hall–Kier alpha value is -10.7. The Bertz CT molecular complexity index is 4370. The first-order valence-corrected chi connectivity index (χ1v) is 47.8. The molecule has 8 fully saturated rings. The minimum Gasteiger partial charge on any atom is -0.438 e. The molecule has 39 heteroatoms. The molecule has 18 atom stereocenters. The second-order valence-corrected chi connectivity index (χ2v) is 45.2. The zero-order valence-electron chi connectivity index (χ0n) is 85.3. The summed E-state index contributed by atoms with van der Waals surface area (Å²) in [6, 6.07) is -12.5. The minimum atomic E-state index is -1.10. The molecule has 0 spiro atoms. The normalized spacial score (nSPS) is 23.2. The molecule has 39 nitrogen and oxygen atoms in total. The first-order chi connectivity index (χ1) is 62.8. The van der Waals surface area contributed by atoms with Crippen molar-refractivity contribution in [3.8, 4) is 0 Å². The number of Topliss-reactive ketones (excluding diaryl/α,β-unsaturated/α-hetero) is 3. The summed E-state index contributed by atoms with van der Waals surface area (Å²) in [6.45, 7) is 55.4. The summed E-state index contributed by atoms with van der Waals surface area (Å²) in [5.41, 5.74) is 1.49. The number of hydrogen-bond donors (Lipinski definition) is 12. The van der Waals surface area contributed by atoms with Crippen molar-refractivity contribution in [2.45, 2.75) is 310 Å². The second-order valence-electron chi connectivity index (χ2n) is 45.2. The molecule has 8 aliphatic rings. The number of hydrogen-bond acceptors (Lipinski definition) is 24. The Morgan fingerprint density at radius 2 is 0.735 bits per heavy atom. The summed E-state index contributed by atoms with van der Waals surface area (Å²) >= 11 is 0. The number of nitrogens with two attached hydrogens (primary N) is 1. The van der Waals surface area contributed by atoms with Gasteiger partial charge in [-0.15, -0.1) is 13.2 Å². The molecule has 13 N–H and O–H groups in total. The zero-order chi connectivity index (χ0) is 103. The number of likely N-dealkylation sites (tertiary alicyclic amines) is 3. The number of ketones is 3. The first kappa shape index (κ1) is 114. The molecular weight excluding hydrogens is 1760 g/mol. The van der Waals surface area contributed by atoms with E-state index in [1.165, 1.54) is 41.1 Å². The zero-order valence-corrected chi connectivity index (χ0v) is 85.3. The summed E-state index contributed by atoms with van der Waals surface area (Å²) in [5, 5.41) is 30.1. The molecular formula is C97H159N15O24. The third kappa shape index (κ3) is 29.9. The molecule has 0 bridgehead atoms.